The Hall–Kier alpha value is -4.17. The number of phenolic OH excluding ortho intramolecular Hbond substituents is 1. The summed E-state index contributed by atoms with van der Waals surface area (Å²) >= 11 is 0. The second kappa shape index (κ2) is 14.4. The molecule has 4 aromatic carbocycles. The van der Waals surface area contributed by atoms with E-state index in [0.29, 0.717) is 5.75 Å². The number of pyridine rings is 1. The molecule has 2 heteroatoms. The topological polar surface area (TPSA) is 24.1 Å². The molecule has 1 aromatic heterocycles. The first-order valence-corrected chi connectivity index (χ1v) is 25.1. The maximum atomic E-state index is 12.7. The molecule has 0 spiro atoms. The van der Waals surface area contributed by atoms with Crippen molar-refractivity contribution in [1.82, 2.24) is 0 Å². The van der Waals surface area contributed by atoms with Gasteiger partial charge in [0.1, 0.15) is 5.75 Å². The van der Waals surface area contributed by atoms with Crippen LogP contribution >= 0.6 is 0 Å². The summed E-state index contributed by atoms with van der Waals surface area (Å²) in [7, 11) is 0. The van der Waals surface area contributed by atoms with Gasteiger partial charge in [-0.3, -0.25) is 0 Å². The van der Waals surface area contributed by atoms with Crippen LogP contribution in [-0.4, -0.2) is 5.11 Å². The maximum absolute atomic E-state index is 12.7. The van der Waals surface area contributed by atoms with Crippen molar-refractivity contribution in [3.63, 3.8) is 0 Å². The summed E-state index contributed by atoms with van der Waals surface area (Å²) in [5.74, 6) is 5.36. The second-order valence-electron chi connectivity index (χ2n) is 25.6. The van der Waals surface area contributed by atoms with E-state index in [1.807, 2.05) is 0 Å². The summed E-state index contributed by atoms with van der Waals surface area (Å²) in [5.41, 5.74) is 15.7. The summed E-state index contributed by atoms with van der Waals surface area (Å²) in [6, 6.07) is 38.1. The molecule has 8 aliphatic rings. The lowest BCUT2D eigenvalue weighted by Crippen LogP contribution is -2.59. The fourth-order valence-electron chi connectivity index (χ4n) is 15.3. The van der Waals surface area contributed by atoms with Crippen LogP contribution in [0.25, 0.3) is 39.1 Å². The van der Waals surface area contributed by atoms with E-state index in [4.69, 9.17) is 0 Å². The quantitative estimate of drug-likeness (QED) is 0.169. The standard InChI is InChI=1S/C61H73NO/c1-57(2,3)48-16-10-44(11-17-48)47-28-54(60-32-38-22-39(33-60)24-40(23-38)34-60)62(55(29-47)61-35-41-25-42(36-61)27-43(26-41)37-61)51-30-52(45-12-18-49(19-13-45)58(4,5)6)56(63)53(31-51)46-14-20-50(21-15-46)59(7,8)9/h10-21,28-31,38-43H,22-27,32-37H2,1-9H3/p+1. The van der Waals surface area contributed by atoms with Gasteiger partial charge in [0.2, 0.25) is 5.69 Å². The molecule has 5 aromatic rings. The van der Waals surface area contributed by atoms with Crippen molar-refractivity contribution in [3.05, 3.63) is 125 Å². The maximum Gasteiger partial charge on any atom is 0.212 e. The van der Waals surface area contributed by atoms with Crippen molar-refractivity contribution in [2.45, 2.75) is 166 Å². The summed E-state index contributed by atoms with van der Waals surface area (Å²) in [6.45, 7) is 20.7. The normalized spacial score (nSPS) is 29.7. The number of aromatic hydroxyl groups is 1. The highest BCUT2D eigenvalue weighted by Crippen LogP contribution is 2.63. The van der Waals surface area contributed by atoms with Crippen molar-refractivity contribution in [2.75, 3.05) is 0 Å². The first-order valence-electron chi connectivity index (χ1n) is 25.1. The minimum absolute atomic E-state index is 0.0482. The summed E-state index contributed by atoms with van der Waals surface area (Å²) < 4.78 is 2.90. The largest absolute Gasteiger partial charge is 0.507 e. The molecule has 0 saturated heterocycles. The Morgan fingerprint density at radius 1 is 0.397 bits per heavy atom. The van der Waals surface area contributed by atoms with E-state index in [1.165, 1.54) is 111 Å². The summed E-state index contributed by atoms with van der Waals surface area (Å²) in [4.78, 5) is 0. The molecular formula is C61H74NO+. The van der Waals surface area contributed by atoms with Gasteiger partial charge in [-0.2, -0.15) is 4.57 Å². The predicted molar refractivity (Wildman–Crippen MR) is 262 cm³/mol. The Morgan fingerprint density at radius 3 is 0.968 bits per heavy atom. The monoisotopic (exact) mass is 837 g/mol. The molecule has 0 amide bonds. The molecule has 0 aliphatic heterocycles. The molecule has 8 fully saturated rings. The van der Waals surface area contributed by atoms with E-state index in [1.54, 1.807) is 11.4 Å². The van der Waals surface area contributed by atoms with E-state index in [0.717, 1.165) is 57.8 Å². The van der Waals surface area contributed by atoms with Gasteiger partial charge in [-0.1, -0.05) is 135 Å². The highest BCUT2D eigenvalue weighted by molar-refractivity contribution is 5.84. The number of phenols is 1. The van der Waals surface area contributed by atoms with Crippen LogP contribution in [0, 0.1) is 35.5 Å². The Labute approximate surface area is 380 Å². The van der Waals surface area contributed by atoms with Crippen LogP contribution in [0.4, 0.5) is 0 Å². The van der Waals surface area contributed by atoms with E-state index in [2.05, 4.69) is 164 Å². The second-order valence-corrected chi connectivity index (χ2v) is 25.6. The predicted octanol–water partition coefficient (Wildman–Crippen LogP) is 15.5. The lowest BCUT2D eigenvalue weighted by Gasteiger charge is -2.56. The molecule has 13 rings (SSSR count). The van der Waals surface area contributed by atoms with Gasteiger partial charge in [0.05, 0.1) is 10.8 Å². The van der Waals surface area contributed by atoms with Crippen LogP contribution in [0.3, 0.4) is 0 Å². The van der Waals surface area contributed by atoms with Gasteiger partial charge in [-0.25, -0.2) is 0 Å². The number of rotatable bonds is 6. The fourth-order valence-corrected chi connectivity index (χ4v) is 15.3. The first kappa shape index (κ1) is 41.5. The van der Waals surface area contributed by atoms with Gasteiger partial charge >= 0.3 is 0 Å². The van der Waals surface area contributed by atoms with Crippen LogP contribution < -0.4 is 4.57 Å². The van der Waals surface area contributed by atoms with Gasteiger partial charge in [-0.05, 0) is 168 Å². The minimum atomic E-state index is 0.0482. The minimum Gasteiger partial charge on any atom is -0.507 e. The third-order valence-electron chi connectivity index (χ3n) is 17.8. The smallest absolute Gasteiger partial charge is 0.212 e. The third-order valence-corrected chi connectivity index (χ3v) is 17.8. The number of nitrogens with zero attached hydrogens (tertiary/aromatic N) is 1. The van der Waals surface area contributed by atoms with Gasteiger partial charge in [0, 0.05) is 35.4 Å². The fraction of sp³-hybridized carbons (Fsp3) is 0.525. The average molecular weight is 837 g/mol. The third kappa shape index (κ3) is 7.24. The van der Waals surface area contributed by atoms with Crippen molar-refractivity contribution < 1.29 is 9.67 Å². The highest BCUT2D eigenvalue weighted by Gasteiger charge is 2.59. The van der Waals surface area contributed by atoms with Crippen molar-refractivity contribution >= 4 is 0 Å². The van der Waals surface area contributed by atoms with Crippen LogP contribution in [0.5, 0.6) is 5.75 Å². The molecule has 8 bridgehead atoms. The number of aromatic nitrogens is 1. The average Bonchev–Trinajstić information content (AvgIpc) is 3.22. The molecule has 1 N–H and O–H groups in total. The zero-order valence-corrected chi connectivity index (χ0v) is 40.1. The Balaban J connectivity index is 1.20. The van der Waals surface area contributed by atoms with E-state index < -0.39 is 0 Å². The van der Waals surface area contributed by atoms with E-state index in [9.17, 15) is 5.11 Å². The number of benzene rings is 4. The molecule has 2 nitrogen and oxygen atoms in total. The van der Waals surface area contributed by atoms with Crippen LogP contribution in [0.1, 0.15) is 167 Å². The zero-order chi connectivity index (χ0) is 43.8. The molecule has 8 saturated carbocycles. The molecule has 8 aliphatic carbocycles. The van der Waals surface area contributed by atoms with Crippen LogP contribution in [0.2, 0.25) is 0 Å². The van der Waals surface area contributed by atoms with Gasteiger partial charge < -0.3 is 5.11 Å². The number of hydrogen-bond acceptors (Lipinski definition) is 1. The zero-order valence-electron chi connectivity index (χ0n) is 40.1. The Bertz CT molecular complexity index is 2330. The molecule has 0 unspecified atom stereocenters. The molecule has 0 atom stereocenters. The van der Waals surface area contributed by atoms with Crippen molar-refractivity contribution in [3.8, 4) is 44.8 Å². The highest BCUT2D eigenvalue weighted by atomic mass is 16.3. The van der Waals surface area contributed by atoms with Crippen LogP contribution in [0.15, 0.2) is 97.1 Å². The van der Waals surface area contributed by atoms with Gasteiger partial charge in [-0.15, -0.1) is 0 Å². The molecule has 63 heavy (non-hydrogen) atoms. The molecule has 0 radical (unpaired) electrons. The molecular weight excluding hydrogens is 763 g/mol. The van der Waals surface area contributed by atoms with Crippen molar-refractivity contribution in [2.24, 2.45) is 35.5 Å². The van der Waals surface area contributed by atoms with E-state index in [-0.39, 0.29) is 27.1 Å². The first-order chi connectivity index (χ1) is 29.8. The number of hydrogen-bond donors (Lipinski definition) is 1. The molecule has 328 valence electrons. The SMILES string of the molecule is CC(C)(C)c1ccc(-c2cc(C34CC5CC(CC(C5)C3)C4)[n+](-c3cc(-c4ccc(C(C)(C)C)cc4)c(O)c(-c4ccc(C(C)(C)C)cc4)c3)c(C34CC5CC(CC(C5)C3)C4)c2)cc1. The van der Waals surface area contributed by atoms with Crippen LogP contribution in [-0.2, 0) is 27.1 Å². The van der Waals surface area contributed by atoms with Crippen molar-refractivity contribution in [1.29, 1.82) is 0 Å². The summed E-state index contributed by atoms with van der Waals surface area (Å²) in [5, 5.41) is 12.7. The lowest BCUT2D eigenvalue weighted by atomic mass is 9.47. The summed E-state index contributed by atoms with van der Waals surface area (Å²) in [6.07, 6.45) is 16.4. The van der Waals surface area contributed by atoms with E-state index >= 15 is 0 Å². The van der Waals surface area contributed by atoms with Gasteiger partial charge in [0.25, 0.3) is 0 Å². The Morgan fingerprint density at radius 2 is 0.683 bits per heavy atom. The molecule has 1 heterocycles. The van der Waals surface area contributed by atoms with Gasteiger partial charge in [0.15, 0.2) is 11.4 Å². The lowest BCUT2D eigenvalue weighted by molar-refractivity contribution is -0.624. The Kier molecular flexibility index (Phi) is 9.50.